The summed E-state index contributed by atoms with van der Waals surface area (Å²) in [5.74, 6) is 0. The van der Waals surface area contributed by atoms with E-state index in [0.717, 1.165) is 23.1 Å². The maximum atomic E-state index is 8.73. The predicted octanol–water partition coefficient (Wildman–Crippen LogP) is 2.11. The van der Waals surface area contributed by atoms with Crippen LogP contribution < -0.4 is 10.6 Å². The quantitative estimate of drug-likeness (QED) is 0.909. The molecule has 0 bridgehead atoms. The van der Waals surface area contributed by atoms with E-state index in [1.165, 1.54) is 0 Å². The van der Waals surface area contributed by atoms with E-state index >= 15 is 0 Å². The van der Waals surface area contributed by atoms with Crippen LogP contribution in [0.5, 0.6) is 0 Å². The van der Waals surface area contributed by atoms with Gasteiger partial charge in [-0.15, -0.1) is 0 Å². The van der Waals surface area contributed by atoms with Gasteiger partial charge in [0, 0.05) is 18.1 Å². The minimum atomic E-state index is 0.665. The third-order valence-corrected chi connectivity index (χ3v) is 2.82. The first-order valence-corrected chi connectivity index (χ1v) is 5.59. The van der Waals surface area contributed by atoms with Crippen molar-refractivity contribution < 1.29 is 0 Å². The maximum Gasteiger partial charge on any atom is 0.0992 e. The molecule has 1 rings (SSSR count). The molecule has 4 heteroatoms. The molecule has 1 aromatic carbocycles. The Kier molecular flexibility index (Phi) is 4.60. The summed E-state index contributed by atoms with van der Waals surface area (Å²) in [5, 5.41) is 8.73. The summed E-state index contributed by atoms with van der Waals surface area (Å²) in [4.78, 5) is 2.12. The summed E-state index contributed by atoms with van der Waals surface area (Å²) < 4.78 is 0.945. The van der Waals surface area contributed by atoms with Crippen LogP contribution in [0.3, 0.4) is 0 Å². The van der Waals surface area contributed by atoms with Gasteiger partial charge in [-0.3, -0.25) is 0 Å². The van der Waals surface area contributed by atoms with E-state index in [1.54, 1.807) is 0 Å². The van der Waals surface area contributed by atoms with Crippen LogP contribution >= 0.6 is 15.9 Å². The van der Waals surface area contributed by atoms with Crippen LogP contribution in [-0.4, -0.2) is 20.1 Å². The van der Waals surface area contributed by atoms with Crippen molar-refractivity contribution in [1.82, 2.24) is 0 Å². The predicted molar refractivity (Wildman–Crippen MR) is 65.8 cm³/mol. The molecule has 0 saturated heterocycles. The Bertz CT molecular complexity index is 371. The molecule has 0 amide bonds. The van der Waals surface area contributed by atoms with E-state index in [-0.39, 0.29) is 0 Å². The number of rotatable bonds is 4. The van der Waals surface area contributed by atoms with Crippen LogP contribution in [0, 0.1) is 11.3 Å². The molecule has 0 aliphatic rings. The molecule has 3 nitrogen and oxygen atoms in total. The fourth-order valence-electron chi connectivity index (χ4n) is 1.33. The van der Waals surface area contributed by atoms with Crippen LogP contribution in [-0.2, 0) is 0 Å². The second-order valence-corrected chi connectivity index (χ2v) is 4.20. The van der Waals surface area contributed by atoms with Crippen molar-refractivity contribution >= 4 is 21.6 Å². The van der Waals surface area contributed by atoms with E-state index in [2.05, 4.69) is 26.9 Å². The molecule has 0 saturated carbocycles. The molecule has 0 radical (unpaired) electrons. The molecule has 0 unspecified atom stereocenters. The number of nitrogens with zero attached hydrogens (tertiary/aromatic N) is 2. The summed E-state index contributed by atoms with van der Waals surface area (Å²) in [6.45, 7) is 1.61. The van der Waals surface area contributed by atoms with Crippen LogP contribution in [0.1, 0.15) is 12.0 Å². The van der Waals surface area contributed by atoms with E-state index in [1.807, 2.05) is 25.2 Å². The Morgan fingerprint density at radius 1 is 1.53 bits per heavy atom. The van der Waals surface area contributed by atoms with Gasteiger partial charge in [0.2, 0.25) is 0 Å². The first-order valence-electron chi connectivity index (χ1n) is 4.80. The molecular formula is C11H14BrN3. The molecule has 0 fully saturated rings. The molecule has 15 heavy (non-hydrogen) atoms. The Labute approximate surface area is 98.6 Å². The smallest absolute Gasteiger partial charge is 0.0992 e. The SMILES string of the molecule is CN(CCCN)c1ccc(C#N)cc1Br. The lowest BCUT2D eigenvalue weighted by Crippen LogP contribution is -2.21. The molecule has 1 aromatic rings. The summed E-state index contributed by atoms with van der Waals surface area (Å²) in [7, 11) is 2.02. The van der Waals surface area contributed by atoms with Crippen LogP contribution in [0.15, 0.2) is 22.7 Å². The zero-order valence-electron chi connectivity index (χ0n) is 8.70. The van der Waals surface area contributed by atoms with Gasteiger partial charge in [0.1, 0.15) is 0 Å². The van der Waals surface area contributed by atoms with Crippen LogP contribution in [0.25, 0.3) is 0 Å². The molecule has 0 heterocycles. The average molecular weight is 268 g/mol. The van der Waals surface area contributed by atoms with Gasteiger partial charge >= 0.3 is 0 Å². The normalized spacial score (nSPS) is 9.73. The highest BCUT2D eigenvalue weighted by Gasteiger charge is 2.05. The fraction of sp³-hybridized carbons (Fsp3) is 0.364. The zero-order valence-corrected chi connectivity index (χ0v) is 10.3. The second kappa shape index (κ2) is 5.74. The number of nitrogens with two attached hydrogens (primary N) is 1. The van der Waals surface area contributed by atoms with Crippen molar-refractivity contribution in [2.24, 2.45) is 5.73 Å². The number of halogens is 1. The van der Waals surface area contributed by atoms with Crippen molar-refractivity contribution in [2.45, 2.75) is 6.42 Å². The topological polar surface area (TPSA) is 53.0 Å². The first kappa shape index (κ1) is 12.0. The Balaban J connectivity index is 2.82. The van der Waals surface area contributed by atoms with Gasteiger partial charge in [-0.25, -0.2) is 0 Å². The monoisotopic (exact) mass is 267 g/mol. The number of hydrogen-bond acceptors (Lipinski definition) is 3. The van der Waals surface area contributed by atoms with Crippen molar-refractivity contribution in [3.8, 4) is 6.07 Å². The third kappa shape index (κ3) is 3.22. The summed E-state index contributed by atoms with van der Waals surface area (Å²) >= 11 is 3.46. The lowest BCUT2D eigenvalue weighted by molar-refractivity contribution is 0.794. The van der Waals surface area contributed by atoms with Gasteiger partial charge in [0.05, 0.1) is 17.3 Å². The molecule has 0 aliphatic heterocycles. The summed E-state index contributed by atoms with van der Waals surface area (Å²) in [6.07, 6.45) is 0.961. The maximum absolute atomic E-state index is 8.73. The Morgan fingerprint density at radius 3 is 2.80 bits per heavy atom. The van der Waals surface area contributed by atoms with Gasteiger partial charge in [0.25, 0.3) is 0 Å². The van der Waals surface area contributed by atoms with Crippen LogP contribution in [0.2, 0.25) is 0 Å². The van der Waals surface area contributed by atoms with Gasteiger partial charge in [-0.05, 0) is 47.1 Å². The highest BCUT2D eigenvalue weighted by atomic mass is 79.9. The Morgan fingerprint density at radius 2 is 2.27 bits per heavy atom. The number of hydrogen-bond donors (Lipinski definition) is 1. The largest absolute Gasteiger partial charge is 0.374 e. The van der Waals surface area contributed by atoms with Gasteiger partial charge in [0.15, 0.2) is 0 Å². The third-order valence-electron chi connectivity index (χ3n) is 2.19. The molecule has 0 aliphatic carbocycles. The standard InChI is InChI=1S/C11H14BrN3/c1-15(6-2-5-13)11-4-3-9(8-14)7-10(11)12/h3-4,7H,2,5-6,13H2,1H3. The minimum Gasteiger partial charge on any atom is -0.374 e. The highest BCUT2D eigenvalue weighted by molar-refractivity contribution is 9.10. The van der Waals surface area contributed by atoms with Gasteiger partial charge in [-0.1, -0.05) is 0 Å². The van der Waals surface area contributed by atoms with Crippen molar-refractivity contribution in [3.63, 3.8) is 0 Å². The first-order chi connectivity index (χ1) is 7.19. The average Bonchev–Trinajstić information content (AvgIpc) is 2.25. The van der Waals surface area contributed by atoms with Crippen molar-refractivity contribution in [3.05, 3.63) is 28.2 Å². The zero-order chi connectivity index (χ0) is 11.3. The van der Waals surface area contributed by atoms with E-state index < -0.39 is 0 Å². The van der Waals surface area contributed by atoms with Crippen LogP contribution in [0.4, 0.5) is 5.69 Å². The van der Waals surface area contributed by atoms with Crippen molar-refractivity contribution in [2.75, 3.05) is 25.0 Å². The Hall–Kier alpha value is -1.05. The molecular weight excluding hydrogens is 254 g/mol. The van der Waals surface area contributed by atoms with Crippen molar-refractivity contribution in [1.29, 1.82) is 5.26 Å². The number of nitriles is 1. The van der Waals surface area contributed by atoms with Gasteiger partial charge < -0.3 is 10.6 Å². The number of anilines is 1. The highest BCUT2D eigenvalue weighted by Crippen LogP contribution is 2.26. The van der Waals surface area contributed by atoms with E-state index in [4.69, 9.17) is 11.0 Å². The summed E-state index contributed by atoms with van der Waals surface area (Å²) in [6, 6.07) is 7.70. The van der Waals surface area contributed by atoms with Gasteiger partial charge in [-0.2, -0.15) is 5.26 Å². The summed E-state index contributed by atoms with van der Waals surface area (Å²) in [5.41, 5.74) is 7.21. The second-order valence-electron chi connectivity index (χ2n) is 3.34. The molecule has 0 spiro atoms. The minimum absolute atomic E-state index is 0.665. The van der Waals surface area contributed by atoms with E-state index in [0.29, 0.717) is 12.1 Å². The number of benzene rings is 1. The molecule has 0 aromatic heterocycles. The molecule has 0 atom stereocenters. The molecule has 2 N–H and O–H groups in total. The lowest BCUT2D eigenvalue weighted by Gasteiger charge is -2.20. The fourth-order valence-corrected chi connectivity index (χ4v) is 2.02. The van der Waals surface area contributed by atoms with E-state index in [9.17, 15) is 0 Å². The molecule has 80 valence electrons. The lowest BCUT2D eigenvalue weighted by atomic mass is 10.2.